The van der Waals surface area contributed by atoms with Gasteiger partial charge in [0.1, 0.15) is 0 Å². The van der Waals surface area contributed by atoms with Crippen LogP contribution in [0.3, 0.4) is 0 Å². The fourth-order valence-corrected chi connectivity index (χ4v) is 2.69. The molecule has 0 heterocycles. The zero-order chi connectivity index (χ0) is 15.3. The number of hydrogen-bond acceptors (Lipinski definition) is 5. The molecule has 0 amide bonds. The lowest BCUT2D eigenvalue weighted by Crippen LogP contribution is -2.31. The molecule has 110 valence electrons. The summed E-state index contributed by atoms with van der Waals surface area (Å²) in [6.45, 7) is 0. The molecular weight excluding hydrogens is 286 g/mol. The van der Waals surface area contributed by atoms with Gasteiger partial charge >= 0.3 is 11.9 Å². The lowest BCUT2D eigenvalue weighted by atomic mass is 10.2. The first-order valence-corrected chi connectivity index (χ1v) is 7.26. The van der Waals surface area contributed by atoms with Crippen LogP contribution in [0.4, 0.5) is 5.69 Å². The number of rotatable bonds is 6. The lowest BCUT2D eigenvalue weighted by Gasteiger charge is -2.20. The summed E-state index contributed by atoms with van der Waals surface area (Å²) in [5.74, 6) is -2.33. The van der Waals surface area contributed by atoms with Crippen molar-refractivity contribution in [3.8, 4) is 0 Å². The van der Waals surface area contributed by atoms with E-state index in [-0.39, 0.29) is 17.7 Å². The van der Waals surface area contributed by atoms with Crippen LogP contribution in [0, 0.1) is 0 Å². The molecule has 0 unspecified atom stereocenters. The minimum absolute atomic E-state index is 0.0462. The van der Waals surface area contributed by atoms with E-state index in [1.165, 1.54) is 38.4 Å². The standard InChI is InChI=1S/C12H15NO6S/c1-13(20(17,18)8-7-11(14)19-2)10-6-4-3-5-9(10)12(15)16/h3-6H,7-8H2,1-2H3,(H,15,16). The zero-order valence-electron chi connectivity index (χ0n) is 11.1. The van der Waals surface area contributed by atoms with Crippen LogP contribution in [-0.2, 0) is 19.6 Å². The summed E-state index contributed by atoms with van der Waals surface area (Å²) in [4.78, 5) is 22.1. The van der Waals surface area contributed by atoms with Gasteiger partial charge in [0.05, 0.1) is 30.5 Å². The van der Waals surface area contributed by atoms with Crippen LogP contribution in [0.25, 0.3) is 0 Å². The molecule has 0 saturated heterocycles. The number of esters is 1. The average Bonchev–Trinajstić information content (AvgIpc) is 2.43. The van der Waals surface area contributed by atoms with Gasteiger partial charge in [-0.05, 0) is 12.1 Å². The first kappa shape index (κ1) is 16.0. The smallest absolute Gasteiger partial charge is 0.337 e. The van der Waals surface area contributed by atoms with E-state index < -0.39 is 27.7 Å². The summed E-state index contributed by atoms with van der Waals surface area (Å²) in [5.41, 5.74) is -0.0819. The number of carbonyl (C=O) groups excluding carboxylic acids is 1. The number of benzene rings is 1. The predicted molar refractivity (Wildman–Crippen MR) is 72.2 cm³/mol. The van der Waals surface area contributed by atoms with Crippen LogP contribution >= 0.6 is 0 Å². The van der Waals surface area contributed by atoms with Gasteiger partial charge in [-0.15, -0.1) is 0 Å². The number of hydrogen-bond donors (Lipinski definition) is 1. The second-order valence-electron chi connectivity index (χ2n) is 3.93. The number of anilines is 1. The van der Waals surface area contributed by atoms with Gasteiger partial charge in [0.2, 0.25) is 10.0 Å². The maximum Gasteiger partial charge on any atom is 0.337 e. The minimum atomic E-state index is -3.81. The topological polar surface area (TPSA) is 101 Å². The number of carbonyl (C=O) groups is 2. The van der Waals surface area contributed by atoms with E-state index in [1.807, 2.05) is 0 Å². The van der Waals surface area contributed by atoms with Crippen molar-refractivity contribution in [1.82, 2.24) is 0 Å². The number of carboxylic acids is 1. The maximum absolute atomic E-state index is 12.1. The summed E-state index contributed by atoms with van der Waals surface area (Å²) in [6, 6.07) is 5.74. The molecule has 1 N–H and O–H groups in total. The third-order valence-electron chi connectivity index (χ3n) is 2.68. The van der Waals surface area contributed by atoms with Crippen LogP contribution in [-0.4, -0.2) is 45.4 Å². The SMILES string of the molecule is COC(=O)CCS(=O)(=O)N(C)c1ccccc1C(=O)O. The van der Waals surface area contributed by atoms with E-state index >= 15 is 0 Å². The number of para-hydroxylation sites is 1. The Balaban J connectivity index is 3.02. The fraction of sp³-hybridized carbons (Fsp3) is 0.333. The Morgan fingerprint density at radius 3 is 2.45 bits per heavy atom. The van der Waals surface area contributed by atoms with Gasteiger partial charge in [-0.1, -0.05) is 12.1 Å². The molecule has 1 rings (SSSR count). The van der Waals surface area contributed by atoms with Crippen LogP contribution in [0.1, 0.15) is 16.8 Å². The normalized spacial score (nSPS) is 10.9. The zero-order valence-corrected chi connectivity index (χ0v) is 11.9. The number of ether oxygens (including phenoxy) is 1. The van der Waals surface area contributed by atoms with Crippen molar-refractivity contribution in [2.24, 2.45) is 0 Å². The van der Waals surface area contributed by atoms with Gasteiger partial charge in [0.25, 0.3) is 0 Å². The molecular formula is C12H15NO6S. The monoisotopic (exact) mass is 301 g/mol. The summed E-state index contributed by atoms with van der Waals surface area (Å²) in [6.07, 6.45) is -0.293. The van der Waals surface area contributed by atoms with E-state index in [9.17, 15) is 18.0 Å². The third kappa shape index (κ3) is 3.70. The molecule has 1 aromatic rings. The molecule has 7 nitrogen and oxygen atoms in total. The minimum Gasteiger partial charge on any atom is -0.478 e. The summed E-state index contributed by atoms with van der Waals surface area (Å²) < 4.78 is 29.3. The van der Waals surface area contributed by atoms with Crippen molar-refractivity contribution in [2.75, 3.05) is 24.2 Å². The first-order valence-electron chi connectivity index (χ1n) is 5.65. The molecule has 0 radical (unpaired) electrons. The second-order valence-corrected chi connectivity index (χ2v) is 6.05. The van der Waals surface area contributed by atoms with Crippen molar-refractivity contribution in [2.45, 2.75) is 6.42 Å². The van der Waals surface area contributed by atoms with Gasteiger partial charge in [-0.2, -0.15) is 0 Å². The molecule has 0 aliphatic rings. The molecule has 8 heteroatoms. The van der Waals surface area contributed by atoms with Crippen LogP contribution < -0.4 is 4.31 Å². The fourth-order valence-electron chi connectivity index (χ4n) is 1.53. The highest BCUT2D eigenvalue weighted by molar-refractivity contribution is 7.92. The van der Waals surface area contributed by atoms with Crippen molar-refractivity contribution >= 4 is 27.6 Å². The van der Waals surface area contributed by atoms with E-state index in [1.54, 1.807) is 0 Å². The number of aromatic carboxylic acids is 1. The maximum atomic E-state index is 12.1. The van der Waals surface area contributed by atoms with E-state index in [4.69, 9.17) is 5.11 Å². The van der Waals surface area contributed by atoms with Crippen molar-refractivity contribution < 1.29 is 27.9 Å². The van der Waals surface area contributed by atoms with Gasteiger partial charge in [-0.25, -0.2) is 13.2 Å². The molecule has 0 bridgehead atoms. The number of sulfonamides is 1. The molecule has 0 aliphatic carbocycles. The highest BCUT2D eigenvalue weighted by atomic mass is 32.2. The number of carboxylic acid groups (broad SMARTS) is 1. The summed E-state index contributed by atoms with van der Waals surface area (Å²) in [5, 5.41) is 9.04. The Bertz CT molecular complexity index is 610. The van der Waals surface area contributed by atoms with Crippen molar-refractivity contribution in [1.29, 1.82) is 0 Å². The molecule has 0 aliphatic heterocycles. The Morgan fingerprint density at radius 1 is 1.30 bits per heavy atom. The van der Waals surface area contributed by atoms with Crippen LogP contribution in [0.15, 0.2) is 24.3 Å². The van der Waals surface area contributed by atoms with Gasteiger partial charge < -0.3 is 9.84 Å². The van der Waals surface area contributed by atoms with Crippen LogP contribution in [0.5, 0.6) is 0 Å². The quantitative estimate of drug-likeness (QED) is 0.777. The van der Waals surface area contributed by atoms with Gasteiger partial charge in [-0.3, -0.25) is 9.10 Å². The molecule has 0 spiro atoms. The lowest BCUT2D eigenvalue weighted by molar-refractivity contribution is -0.140. The number of methoxy groups -OCH3 is 1. The average molecular weight is 301 g/mol. The molecule has 0 saturated carbocycles. The Morgan fingerprint density at radius 2 is 1.90 bits per heavy atom. The highest BCUT2D eigenvalue weighted by Gasteiger charge is 2.23. The highest BCUT2D eigenvalue weighted by Crippen LogP contribution is 2.22. The Hall–Kier alpha value is -2.09. The third-order valence-corrected chi connectivity index (χ3v) is 4.43. The second kappa shape index (κ2) is 6.38. The Kier molecular flexibility index (Phi) is 5.09. The van der Waals surface area contributed by atoms with Crippen molar-refractivity contribution in [3.05, 3.63) is 29.8 Å². The largest absolute Gasteiger partial charge is 0.478 e. The van der Waals surface area contributed by atoms with Crippen LogP contribution in [0.2, 0.25) is 0 Å². The molecule has 0 atom stereocenters. The van der Waals surface area contributed by atoms with E-state index in [2.05, 4.69) is 4.74 Å². The predicted octanol–water partition coefficient (Wildman–Crippen LogP) is 0.714. The molecule has 1 aromatic carbocycles. The van der Waals surface area contributed by atoms with Crippen molar-refractivity contribution in [3.63, 3.8) is 0 Å². The van der Waals surface area contributed by atoms with E-state index in [0.717, 1.165) is 4.31 Å². The molecule has 0 fully saturated rings. The van der Waals surface area contributed by atoms with Gasteiger partial charge in [0.15, 0.2) is 0 Å². The summed E-state index contributed by atoms with van der Waals surface area (Å²) >= 11 is 0. The molecule has 20 heavy (non-hydrogen) atoms. The van der Waals surface area contributed by atoms with E-state index in [0.29, 0.717) is 0 Å². The number of nitrogens with zero attached hydrogens (tertiary/aromatic N) is 1. The first-order chi connectivity index (χ1) is 9.29. The van der Waals surface area contributed by atoms with Gasteiger partial charge in [0, 0.05) is 7.05 Å². The summed E-state index contributed by atoms with van der Waals surface area (Å²) in [7, 11) is -1.40. The Labute approximate surface area is 116 Å². The molecule has 0 aromatic heterocycles.